The molecule has 1 aromatic heterocycles. The highest BCUT2D eigenvalue weighted by molar-refractivity contribution is 5.93. The number of hydrogen-bond acceptors (Lipinski definition) is 3. The number of carbonyl (C=O) groups is 1. The Balaban J connectivity index is 2.18. The van der Waals surface area contributed by atoms with Crippen molar-refractivity contribution in [3.05, 3.63) is 48.2 Å². The molecule has 0 bridgehead atoms. The van der Waals surface area contributed by atoms with E-state index in [0.29, 0.717) is 11.3 Å². The van der Waals surface area contributed by atoms with Gasteiger partial charge in [0, 0.05) is 24.4 Å². The average Bonchev–Trinajstić information content (AvgIpc) is 2.92. The minimum Gasteiger partial charge on any atom is -0.496 e. The van der Waals surface area contributed by atoms with Crippen molar-refractivity contribution in [3.63, 3.8) is 0 Å². The number of methoxy groups -OCH3 is 1. The first-order chi connectivity index (χ1) is 10.6. The van der Waals surface area contributed by atoms with Crippen molar-refractivity contribution in [2.45, 2.75) is 6.42 Å². The zero-order valence-corrected chi connectivity index (χ0v) is 12.4. The number of aromatic nitrogens is 2. The van der Waals surface area contributed by atoms with Gasteiger partial charge in [-0.2, -0.15) is 5.10 Å². The van der Waals surface area contributed by atoms with Crippen molar-refractivity contribution in [1.82, 2.24) is 9.78 Å². The molecule has 0 unspecified atom stereocenters. The number of ether oxygens (including phenoxy) is 1. The molecule has 0 fully saturated rings. The van der Waals surface area contributed by atoms with E-state index in [-0.39, 0.29) is 6.42 Å². The van der Waals surface area contributed by atoms with Gasteiger partial charge in [-0.3, -0.25) is 9.48 Å². The minimum absolute atomic E-state index is 0.0639. The second-order valence-electron chi connectivity index (χ2n) is 5.09. The molecule has 0 radical (unpaired) electrons. The maximum absolute atomic E-state index is 11.1. The number of aryl methyl sites for hydroxylation is 1. The Morgan fingerprint density at radius 3 is 2.73 bits per heavy atom. The fourth-order valence-corrected chi connectivity index (χ4v) is 2.72. The standard InChI is InChI=1S/C17H16N2O3/c1-19-15(7-8-18-19)12-3-5-13-11(9-12)4-6-16(22-2)14(13)10-17(20)21/h3-9H,10H2,1-2H3,(H,20,21). The van der Waals surface area contributed by atoms with Crippen molar-refractivity contribution < 1.29 is 14.6 Å². The van der Waals surface area contributed by atoms with Gasteiger partial charge in [0.15, 0.2) is 0 Å². The van der Waals surface area contributed by atoms with E-state index < -0.39 is 5.97 Å². The van der Waals surface area contributed by atoms with E-state index >= 15 is 0 Å². The number of rotatable bonds is 4. The molecule has 3 aromatic rings. The number of benzene rings is 2. The Morgan fingerprint density at radius 1 is 1.27 bits per heavy atom. The molecule has 0 spiro atoms. The summed E-state index contributed by atoms with van der Waals surface area (Å²) in [5, 5.41) is 15.2. The smallest absolute Gasteiger partial charge is 0.307 e. The Labute approximate surface area is 127 Å². The Bertz CT molecular complexity index is 852. The highest BCUT2D eigenvalue weighted by atomic mass is 16.5. The number of fused-ring (bicyclic) bond motifs is 1. The van der Waals surface area contributed by atoms with E-state index in [1.54, 1.807) is 13.3 Å². The molecule has 1 N–H and O–H groups in total. The molecular formula is C17H16N2O3. The van der Waals surface area contributed by atoms with E-state index in [1.165, 1.54) is 0 Å². The van der Waals surface area contributed by atoms with Crippen molar-refractivity contribution in [3.8, 4) is 17.0 Å². The van der Waals surface area contributed by atoms with Gasteiger partial charge in [0.1, 0.15) is 5.75 Å². The summed E-state index contributed by atoms with van der Waals surface area (Å²) in [4.78, 5) is 11.1. The molecule has 0 saturated heterocycles. The Kier molecular flexibility index (Phi) is 3.55. The van der Waals surface area contributed by atoms with Crippen molar-refractivity contribution in [1.29, 1.82) is 0 Å². The summed E-state index contributed by atoms with van der Waals surface area (Å²) in [6.45, 7) is 0. The summed E-state index contributed by atoms with van der Waals surface area (Å²) in [6, 6.07) is 11.7. The lowest BCUT2D eigenvalue weighted by molar-refractivity contribution is -0.136. The van der Waals surface area contributed by atoms with Gasteiger partial charge in [-0.15, -0.1) is 0 Å². The molecule has 0 aliphatic rings. The summed E-state index contributed by atoms with van der Waals surface area (Å²) < 4.78 is 7.11. The van der Waals surface area contributed by atoms with E-state index in [0.717, 1.165) is 22.0 Å². The first-order valence-electron chi connectivity index (χ1n) is 6.90. The molecule has 5 heteroatoms. The summed E-state index contributed by atoms with van der Waals surface area (Å²) in [7, 11) is 3.44. The van der Waals surface area contributed by atoms with Crippen LogP contribution >= 0.6 is 0 Å². The van der Waals surface area contributed by atoms with Gasteiger partial charge >= 0.3 is 5.97 Å². The minimum atomic E-state index is -0.874. The zero-order chi connectivity index (χ0) is 15.7. The van der Waals surface area contributed by atoms with Gasteiger partial charge < -0.3 is 9.84 Å². The van der Waals surface area contributed by atoms with Crippen LogP contribution in [-0.2, 0) is 18.3 Å². The second-order valence-corrected chi connectivity index (χ2v) is 5.09. The molecule has 0 saturated carbocycles. The predicted octanol–water partition coefficient (Wildman–Crippen LogP) is 2.88. The third kappa shape index (κ3) is 2.41. The fourth-order valence-electron chi connectivity index (χ4n) is 2.72. The van der Waals surface area contributed by atoms with Gasteiger partial charge in [-0.05, 0) is 29.0 Å². The summed E-state index contributed by atoms with van der Waals surface area (Å²) in [5.41, 5.74) is 2.75. The summed E-state index contributed by atoms with van der Waals surface area (Å²) in [5.74, 6) is -0.273. The number of aliphatic carboxylic acids is 1. The van der Waals surface area contributed by atoms with Crippen LogP contribution in [0.2, 0.25) is 0 Å². The van der Waals surface area contributed by atoms with E-state index in [4.69, 9.17) is 9.84 Å². The molecule has 112 valence electrons. The van der Waals surface area contributed by atoms with Crippen LogP contribution in [0.25, 0.3) is 22.0 Å². The third-order valence-electron chi connectivity index (χ3n) is 3.75. The summed E-state index contributed by atoms with van der Waals surface area (Å²) in [6.07, 6.45) is 1.69. The van der Waals surface area contributed by atoms with Gasteiger partial charge in [0.25, 0.3) is 0 Å². The predicted molar refractivity (Wildman–Crippen MR) is 84.0 cm³/mol. The first kappa shape index (κ1) is 14.1. The molecule has 22 heavy (non-hydrogen) atoms. The van der Waals surface area contributed by atoms with Gasteiger partial charge in [-0.25, -0.2) is 0 Å². The third-order valence-corrected chi connectivity index (χ3v) is 3.75. The van der Waals surface area contributed by atoms with Crippen molar-refractivity contribution in [2.24, 2.45) is 7.05 Å². The van der Waals surface area contributed by atoms with Gasteiger partial charge in [-0.1, -0.05) is 18.2 Å². The topological polar surface area (TPSA) is 64.4 Å². The normalized spacial score (nSPS) is 10.8. The molecule has 3 rings (SSSR count). The molecule has 0 aliphatic carbocycles. The second kappa shape index (κ2) is 5.52. The first-order valence-corrected chi connectivity index (χ1v) is 6.90. The van der Waals surface area contributed by atoms with E-state index in [2.05, 4.69) is 5.10 Å². The molecule has 5 nitrogen and oxygen atoms in total. The number of nitrogens with zero attached hydrogens (tertiary/aromatic N) is 2. The van der Waals surface area contributed by atoms with Crippen LogP contribution in [0.3, 0.4) is 0 Å². The maximum Gasteiger partial charge on any atom is 0.307 e. The lowest BCUT2D eigenvalue weighted by Gasteiger charge is -2.12. The highest BCUT2D eigenvalue weighted by Crippen LogP contribution is 2.31. The molecule has 2 aromatic carbocycles. The number of hydrogen-bond donors (Lipinski definition) is 1. The average molecular weight is 296 g/mol. The summed E-state index contributed by atoms with van der Waals surface area (Å²) >= 11 is 0. The van der Waals surface area contributed by atoms with E-state index in [9.17, 15) is 4.79 Å². The van der Waals surface area contributed by atoms with Crippen molar-refractivity contribution in [2.75, 3.05) is 7.11 Å². The van der Waals surface area contributed by atoms with Crippen LogP contribution in [-0.4, -0.2) is 28.0 Å². The maximum atomic E-state index is 11.1. The Morgan fingerprint density at radius 2 is 2.09 bits per heavy atom. The van der Waals surface area contributed by atoms with Crippen LogP contribution < -0.4 is 4.74 Å². The largest absolute Gasteiger partial charge is 0.496 e. The zero-order valence-electron chi connectivity index (χ0n) is 12.4. The Hall–Kier alpha value is -2.82. The molecule has 0 amide bonds. The van der Waals surface area contributed by atoms with Crippen molar-refractivity contribution >= 4 is 16.7 Å². The molecule has 1 heterocycles. The van der Waals surface area contributed by atoms with Gasteiger partial charge in [0.2, 0.25) is 0 Å². The lowest BCUT2D eigenvalue weighted by atomic mass is 9.98. The highest BCUT2D eigenvalue weighted by Gasteiger charge is 2.13. The van der Waals surface area contributed by atoms with Crippen LogP contribution in [0.1, 0.15) is 5.56 Å². The fraction of sp³-hybridized carbons (Fsp3) is 0.176. The van der Waals surface area contributed by atoms with Gasteiger partial charge in [0.05, 0.1) is 19.2 Å². The molecule has 0 atom stereocenters. The number of carboxylic acid groups (broad SMARTS) is 1. The number of carboxylic acids is 1. The van der Waals surface area contributed by atoms with Crippen LogP contribution in [0.15, 0.2) is 42.6 Å². The van der Waals surface area contributed by atoms with E-state index in [1.807, 2.05) is 48.1 Å². The monoisotopic (exact) mass is 296 g/mol. The lowest BCUT2D eigenvalue weighted by Crippen LogP contribution is -2.03. The SMILES string of the molecule is COc1ccc2cc(-c3ccnn3C)ccc2c1CC(=O)O. The molecular weight excluding hydrogens is 280 g/mol. The quantitative estimate of drug-likeness (QED) is 0.804. The van der Waals surface area contributed by atoms with Crippen LogP contribution in [0, 0.1) is 0 Å². The molecule has 0 aliphatic heterocycles. The van der Waals surface area contributed by atoms with Crippen LogP contribution in [0.5, 0.6) is 5.75 Å². The van der Waals surface area contributed by atoms with Crippen LogP contribution in [0.4, 0.5) is 0 Å².